The molecule has 0 bridgehead atoms. The Morgan fingerprint density at radius 3 is 2.40 bits per heavy atom. The van der Waals surface area contributed by atoms with Crippen LogP contribution in [-0.2, 0) is 16.1 Å². The molecule has 30 heavy (non-hydrogen) atoms. The second kappa shape index (κ2) is 10.8. The van der Waals surface area contributed by atoms with Crippen molar-refractivity contribution in [2.75, 3.05) is 5.88 Å². The third kappa shape index (κ3) is 5.52. The van der Waals surface area contributed by atoms with E-state index in [2.05, 4.69) is 5.32 Å². The molecule has 0 aliphatic heterocycles. The SMILES string of the molecule is O=C(NC1CCCCC1)[C@@H](c1ccccc1F)N(Cc1ccccc1Cl)C(=O)CCl. The number of carbonyl (C=O) groups is 2. The summed E-state index contributed by atoms with van der Waals surface area (Å²) in [7, 11) is 0. The van der Waals surface area contributed by atoms with Gasteiger partial charge in [0.2, 0.25) is 11.8 Å². The molecule has 1 aliphatic rings. The van der Waals surface area contributed by atoms with Crippen LogP contribution in [0, 0.1) is 5.82 Å². The molecule has 7 heteroatoms. The van der Waals surface area contributed by atoms with Crippen LogP contribution in [0.5, 0.6) is 0 Å². The van der Waals surface area contributed by atoms with Gasteiger partial charge in [-0.3, -0.25) is 9.59 Å². The van der Waals surface area contributed by atoms with Crippen molar-refractivity contribution in [1.29, 1.82) is 0 Å². The Labute approximate surface area is 186 Å². The number of hydrogen-bond acceptors (Lipinski definition) is 2. The number of halogens is 3. The first-order valence-electron chi connectivity index (χ1n) is 10.1. The van der Waals surface area contributed by atoms with Gasteiger partial charge in [0, 0.05) is 23.2 Å². The zero-order valence-corrected chi connectivity index (χ0v) is 18.1. The van der Waals surface area contributed by atoms with Crippen LogP contribution in [0.2, 0.25) is 5.02 Å². The molecule has 1 aliphatic carbocycles. The summed E-state index contributed by atoms with van der Waals surface area (Å²) in [4.78, 5) is 27.5. The molecule has 1 N–H and O–H groups in total. The summed E-state index contributed by atoms with van der Waals surface area (Å²) in [5, 5.41) is 3.49. The number of alkyl halides is 1. The highest BCUT2D eigenvalue weighted by atomic mass is 35.5. The van der Waals surface area contributed by atoms with Crippen LogP contribution in [0.4, 0.5) is 4.39 Å². The van der Waals surface area contributed by atoms with E-state index < -0.39 is 23.7 Å². The molecule has 1 fully saturated rings. The molecule has 0 saturated heterocycles. The van der Waals surface area contributed by atoms with Gasteiger partial charge in [-0.25, -0.2) is 4.39 Å². The van der Waals surface area contributed by atoms with Gasteiger partial charge in [0.1, 0.15) is 17.7 Å². The third-order valence-electron chi connectivity index (χ3n) is 5.44. The van der Waals surface area contributed by atoms with Crippen LogP contribution in [0.25, 0.3) is 0 Å². The molecule has 0 heterocycles. The predicted octanol–water partition coefficient (Wildman–Crippen LogP) is 5.24. The average Bonchev–Trinajstić information content (AvgIpc) is 2.76. The Bertz CT molecular complexity index is 887. The van der Waals surface area contributed by atoms with Crippen molar-refractivity contribution in [2.24, 2.45) is 0 Å². The van der Waals surface area contributed by atoms with Crippen molar-refractivity contribution < 1.29 is 14.0 Å². The van der Waals surface area contributed by atoms with Crippen molar-refractivity contribution in [1.82, 2.24) is 10.2 Å². The molecule has 0 spiro atoms. The van der Waals surface area contributed by atoms with Gasteiger partial charge >= 0.3 is 0 Å². The molecule has 1 atom stereocenters. The van der Waals surface area contributed by atoms with E-state index in [0.29, 0.717) is 10.6 Å². The Morgan fingerprint density at radius 1 is 1.07 bits per heavy atom. The van der Waals surface area contributed by atoms with E-state index in [0.717, 1.165) is 32.1 Å². The molecule has 0 unspecified atom stereocenters. The number of benzene rings is 2. The predicted molar refractivity (Wildman–Crippen MR) is 117 cm³/mol. The lowest BCUT2D eigenvalue weighted by Gasteiger charge is -2.33. The molecular formula is C23H25Cl2FN2O2. The number of nitrogens with one attached hydrogen (secondary N) is 1. The second-order valence-corrected chi connectivity index (χ2v) is 8.19. The maximum absolute atomic E-state index is 14.7. The molecule has 2 aromatic carbocycles. The lowest BCUT2D eigenvalue weighted by atomic mass is 9.94. The molecule has 0 radical (unpaired) electrons. The quantitative estimate of drug-likeness (QED) is 0.586. The second-order valence-electron chi connectivity index (χ2n) is 7.51. The zero-order chi connectivity index (χ0) is 21.5. The fraction of sp³-hybridized carbons (Fsp3) is 0.391. The van der Waals surface area contributed by atoms with Gasteiger partial charge < -0.3 is 10.2 Å². The van der Waals surface area contributed by atoms with Crippen LogP contribution < -0.4 is 5.32 Å². The van der Waals surface area contributed by atoms with Crippen LogP contribution in [0.3, 0.4) is 0 Å². The smallest absolute Gasteiger partial charge is 0.247 e. The van der Waals surface area contributed by atoms with Crippen LogP contribution in [0.15, 0.2) is 48.5 Å². The molecule has 2 aromatic rings. The summed E-state index contributed by atoms with van der Waals surface area (Å²) in [6.45, 7) is 0.0440. The van der Waals surface area contributed by atoms with Crippen molar-refractivity contribution in [3.63, 3.8) is 0 Å². The molecule has 3 rings (SSSR count). The summed E-state index contributed by atoms with van der Waals surface area (Å²) in [5.74, 6) is -1.75. The monoisotopic (exact) mass is 450 g/mol. The molecule has 2 amide bonds. The fourth-order valence-electron chi connectivity index (χ4n) is 3.88. The molecular weight excluding hydrogens is 426 g/mol. The van der Waals surface area contributed by atoms with Crippen molar-refractivity contribution >= 4 is 35.0 Å². The van der Waals surface area contributed by atoms with Gasteiger partial charge in [-0.05, 0) is 30.5 Å². The summed E-state index contributed by atoms with van der Waals surface area (Å²) in [6, 6.07) is 12.0. The first-order valence-corrected chi connectivity index (χ1v) is 11.1. The Morgan fingerprint density at radius 2 is 1.73 bits per heavy atom. The normalized spacial score (nSPS) is 15.4. The van der Waals surface area contributed by atoms with Crippen molar-refractivity contribution in [2.45, 2.75) is 50.7 Å². The highest BCUT2D eigenvalue weighted by molar-refractivity contribution is 6.31. The van der Waals surface area contributed by atoms with Crippen molar-refractivity contribution in [3.8, 4) is 0 Å². The first kappa shape index (κ1) is 22.6. The highest BCUT2D eigenvalue weighted by Crippen LogP contribution is 2.29. The van der Waals surface area contributed by atoms with E-state index in [1.807, 2.05) is 0 Å². The van der Waals surface area contributed by atoms with Gasteiger partial charge in [0.25, 0.3) is 0 Å². The lowest BCUT2D eigenvalue weighted by molar-refractivity contribution is -0.140. The summed E-state index contributed by atoms with van der Waals surface area (Å²) in [6.07, 6.45) is 4.98. The first-order chi connectivity index (χ1) is 14.5. The van der Waals surface area contributed by atoms with Gasteiger partial charge in [-0.1, -0.05) is 67.3 Å². The highest BCUT2D eigenvalue weighted by Gasteiger charge is 2.34. The number of amides is 2. The van der Waals surface area contributed by atoms with Gasteiger partial charge in [-0.15, -0.1) is 11.6 Å². The van der Waals surface area contributed by atoms with E-state index in [1.54, 1.807) is 36.4 Å². The fourth-order valence-corrected chi connectivity index (χ4v) is 4.23. The number of rotatable bonds is 7. The molecule has 1 saturated carbocycles. The number of nitrogens with zero attached hydrogens (tertiary/aromatic N) is 1. The minimum atomic E-state index is -1.14. The van der Waals surface area contributed by atoms with Crippen LogP contribution >= 0.6 is 23.2 Å². The Balaban J connectivity index is 1.98. The third-order valence-corrected chi connectivity index (χ3v) is 6.04. The van der Waals surface area contributed by atoms with E-state index in [4.69, 9.17) is 23.2 Å². The lowest BCUT2D eigenvalue weighted by Crippen LogP contribution is -2.47. The van der Waals surface area contributed by atoms with Crippen molar-refractivity contribution in [3.05, 3.63) is 70.5 Å². The summed E-state index contributed by atoms with van der Waals surface area (Å²) < 4.78 is 14.7. The minimum absolute atomic E-state index is 0.0220. The minimum Gasteiger partial charge on any atom is -0.351 e. The molecule has 160 valence electrons. The maximum Gasteiger partial charge on any atom is 0.247 e. The number of carbonyl (C=O) groups excluding carboxylic acids is 2. The van der Waals surface area contributed by atoms with E-state index >= 15 is 0 Å². The molecule has 0 aromatic heterocycles. The van der Waals surface area contributed by atoms with E-state index in [9.17, 15) is 14.0 Å². The summed E-state index contributed by atoms with van der Waals surface area (Å²) >= 11 is 12.2. The van der Waals surface area contributed by atoms with Gasteiger partial charge in [-0.2, -0.15) is 0 Å². The van der Waals surface area contributed by atoms with Crippen LogP contribution in [-0.4, -0.2) is 28.6 Å². The van der Waals surface area contributed by atoms with E-state index in [-0.39, 0.29) is 24.0 Å². The standard InChI is InChI=1S/C23H25Cl2FN2O2/c24-14-21(29)28(15-16-8-4-6-12-19(16)25)22(18-11-5-7-13-20(18)26)23(30)27-17-9-2-1-3-10-17/h4-8,11-13,17,22H,1-3,9-10,14-15H2,(H,27,30)/t22-/m1/s1. The maximum atomic E-state index is 14.7. The zero-order valence-electron chi connectivity index (χ0n) is 16.6. The summed E-state index contributed by atoms with van der Waals surface area (Å²) in [5.41, 5.74) is 0.792. The van der Waals surface area contributed by atoms with Gasteiger partial charge in [0.15, 0.2) is 0 Å². The van der Waals surface area contributed by atoms with Crippen LogP contribution in [0.1, 0.15) is 49.3 Å². The van der Waals surface area contributed by atoms with Gasteiger partial charge in [0.05, 0.1) is 0 Å². The largest absolute Gasteiger partial charge is 0.351 e. The topological polar surface area (TPSA) is 49.4 Å². The average molecular weight is 451 g/mol. The Kier molecular flexibility index (Phi) is 8.11. The number of hydrogen-bond donors (Lipinski definition) is 1. The van der Waals surface area contributed by atoms with E-state index in [1.165, 1.54) is 17.0 Å². The molecule has 4 nitrogen and oxygen atoms in total. The Hall–Kier alpha value is -2.11.